The second kappa shape index (κ2) is 6.55. The molecular formula is C28H30N+. The van der Waals surface area contributed by atoms with Crippen LogP contribution in [0.3, 0.4) is 0 Å². The summed E-state index contributed by atoms with van der Waals surface area (Å²) in [5.74, 6) is 1.65. The van der Waals surface area contributed by atoms with E-state index in [1.165, 1.54) is 66.5 Å². The molecule has 0 amide bonds. The molecule has 0 unspecified atom stereocenters. The molecule has 1 heteroatoms. The van der Waals surface area contributed by atoms with Gasteiger partial charge in [0.15, 0.2) is 6.20 Å². The Morgan fingerprint density at radius 1 is 0.862 bits per heavy atom. The molecular weight excluding hydrogens is 350 g/mol. The smallest absolute Gasteiger partial charge is 0.201 e. The van der Waals surface area contributed by atoms with Crippen LogP contribution in [0.15, 0.2) is 48.7 Å². The van der Waals surface area contributed by atoms with Crippen LogP contribution in [0.1, 0.15) is 65.8 Å². The molecule has 4 aliphatic rings. The van der Waals surface area contributed by atoms with Gasteiger partial charge in [-0.3, -0.25) is 0 Å². The summed E-state index contributed by atoms with van der Waals surface area (Å²) >= 11 is 0. The van der Waals surface area contributed by atoms with Gasteiger partial charge in [-0.25, -0.2) is 4.57 Å². The van der Waals surface area contributed by atoms with Crippen molar-refractivity contribution in [2.24, 2.45) is 13.0 Å². The molecule has 0 saturated heterocycles. The van der Waals surface area contributed by atoms with Crippen LogP contribution < -0.4 is 4.57 Å². The van der Waals surface area contributed by atoms with Crippen molar-refractivity contribution in [3.05, 3.63) is 76.5 Å². The minimum Gasteiger partial charge on any atom is -0.201 e. The first-order valence-electron chi connectivity index (χ1n) is 11.4. The highest BCUT2D eigenvalue weighted by molar-refractivity contribution is 5.85. The Labute approximate surface area is 174 Å². The molecule has 1 heterocycles. The zero-order valence-electron chi connectivity index (χ0n) is 17.7. The lowest BCUT2D eigenvalue weighted by molar-refractivity contribution is -0.660. The highest BCUT2D eigenvalue weighted by Gasteiger charge is 2.30. The van der Waals surface area contributed by atoms with Gasteiger partial charge in [-0.1, -0.05) is 30.3 Å². The fourth-order valence-corrected chi connectivity index (χ4v) is 6.30. The maximum absolute atomic E-state index is 2.52. The van der Waals surface area contributed by atoms with Gasteiger partial charge in [0.05, 0.1) is 5.56 Å². The molecule has 0 atom stereocenters. The fraction of sp³-hybridized carbons (Fsp3) is 0.393. The number of nitrogens with zero attached hydrogens (tertiary/aromatic N) is 1. The quantitative estimate of drug-likeness (QED) is 0.316. The number of pyridine rings is 1. The van der Waals surface area contributed by atoms with Crippen molar-refractivity contribution >= 4 is 0 Å². The van der Waals surface area contributed by atoms with Crippen LogP contribution in [0.25, 0.3) is 22.4 Å². The van der Waals surface area contributed by atoms with Crippen molar-refractivity contribution < 1.29 is 4.57 Å². The average molecular weight is 381 g/mol. The van der Waals surface area contributed by atoms with E-state index in [1.54, 1.807) is 22.3 Å². The summed E-state index contributed by atoms with van der Waals surface area (Å²) in [6, 6.07) is 16.6. The minimum atomic E-state index is 0.739. The van der Waals surface area contributed by atoms with Gasteiger partial charge in [0.25, 0.3) is 0 Å². The maximum atomic E-state index is 2.52. The van der Waals surface area contributed by atoms with Crippen LogP contribution in [0.4, 0.5) is 0 Å². The van der Waals surface area contributed by atoms with Gasteiger partial charge in [-0.05, 0) is 103 Å². The standard InChI is InChI=1S/C28H30N/c1-18-6-13-24-23-5-3-4-21-12-9-19-7-10-20(11-8-19)22-14-15-29(2)27(16-22)28(18)26(24)17-25(21)23/h3-6,13-16,19-20H,7-12,17H2,1-2H3/q+1. The summed E-state index contributed by atoms with van der Waals surface area (Å²) in [4.78, 5) is 0. The lowest BCUT2D eigenvalue weighted by atomic mass is 9.76. The van der Waals surface area contributed by atoms with Gasteiger partial charge in [-0.2, -0.15) is 0 Å². The fourth-order valence-electron chi connectivity index (χ4n) is 6.30. The average Bonchev–Trinajstić information content (AvgIpc) is 3.12. The Morgan fingerprint density at radius 3 is 2.55 bits per heavy atom. The summed E-state index contributed by atoms with van der Waals surface area (Å²) < 4.78 is 2.34. The Balaban J connectivity index is 1.63. The van der Waals surface area contributed by atoms with Gasteiger partial charge in [0.2, 0.25) is 5.69 Å². The van der Waals surface area contributed by atoms with E-state index < -0.39 is 0 Å². The van der Waals surface area contributed by atoms with E-state index in [4.69, 9.17) is 0 Å². The predicted molar refractivity (Wildman–Crippen MR) is 119 cm³/mol. The molecule has 1 aromatic heterocycles. The number of hydrogen-bond donors (Lipinski definition) is 0. The first kappa shape index (κ1) is 17.4. The zero-order chi connectivity index (χ0) is 19.5. The van der Waals surface area contributed by atoms with Crippen molar-refractivity contribution in [1.29, 1.82) is 0 Å². The third-order valence-corrected chi connectivity index (χ3v) is 8.01. The number of aromatic nitrogens is 1. The molecule has 1 fully saturated rings. The van der Waals surface area contributed by atoms with Crippen molar-refractivity contribution in [1.82, 2.24) is 0 Å². The Hall–Kier alpha value is -2.41. The van der Waals surface area contributed by atoms with E-state index in [0.29, 0.717) is 0 Å². The van der Waals surface area contributed by atoms with Crippen molar-refractivity contribution in [3.63, 3.8) is 0 Å². The Morgan fingerprint density at radius 2 is 1.69 bits per heavy atom. The van der Waals surface area contributed by atoms with Crippen molar-refractivity contribution in [2.45, 2.75) is 57.8 Å². The summed E-state index contributed by atoms with van der Waals surface area (Å²) in [6.07, 6.45) is 11.5. The molecule has 0 radical (unpaired) electrons. The van der Waals surface area contributed by atoms with Crippen LogP contribution in [0, 0.1) is 12.8 Å². The molecule has 0 spiro atoms. The predicted octanol–water partition coefficient (Wildman–Crippen LogP) is 6.28. The molecule has 4 aliphatic carbocycles. The number of rotatable bonds is 0. The number of benzene rings is 2. The van der Waals surface area contributed by atoms with Gasteiger partial charge in [0, 0.05) is 12.1 Å². The summed E-state index contributed by atoms with van der Waals surface area (Å²) in [6.45, 7) is 2.29. The van der Waals surface area contributed by atoms with Crippen LogP contribution >= 0.6 is 0 Å². The number of hydrogen-bond acceptors (Lipinski definition) is 0. The first-order chi connectivity index (χ1) is 14.2. The monoisotopic (exact) mass is 380 g/mol. The second-order valence-electron chi connectivity index (χ2n) is 9.62. The van der Waals surface area contributed by atoms with E-state index in [-0.39, 0.29) is 0 Å². The van der Waals surface area contributed by atoms with Crippen molar-refractivity contribution in [2.75, 3.05) is 0 Å². The van der Waals surface area contributed by atoms with Crippen LogP contribution in [-0.2, 0) is 19.9 Å². The van der Waals surface area contributed by atoms with Gasteiger partial charge in [0.1, 0.15) is 7.05 Å². The largest absolute Gasteiger partial charge is 0.213 e. The SMILES string of the molecule is Cc1ccc2c3c1-c1cc(cc[n+]1C)C1CCC(CCc4cccc-2c4C3)CC1. The molecule has 3 aromatic rings. The highest BCUT2D eigenvalue weighted by atomic mass is 14.9. The first-order valence-corrected chi connectivity index (χ1v) is 11.4. The summed E-state index contributed by atoms with van der Waals surface area (Å²) in [5, 5.41) is 0. The number of aryl methyl sites for hydroxylation is 3. The van der Waals surface area contributed by atoms with Crippen LogP contribution in [0.2, 0.25) is 0 Å². The Bertz CT molecular complexity index is 1120. The molecule has 6 bridgehead atoms. The van der Waals surface area contributed by atoms with Gasteiger partial charge >= 0.3 is 0 Å². The molecule has 29 heavy (non-hydrogen) atoms. The molecule has 2 aromatic carbocycles. The van der Waals surface area contributed by atoms with E-state index >= 15 is 0 Å². The van der Waals surface area contributed by atoms with Gasteiger partial charge in [-0.15, -0.1) is 0 Å². The maximum Gasteiger partial charge on any atom is 0.213 e. The lowest BCUT2D eigenvalue weighted by Crippen LogP contribution is -2.31. The normalized spacial score (nSPS) is 21.9. The highest BCUT2D eigenvalue weighted by Crippen LogP contribution is 2.45. The second-order valence-corrected chi connectivity index (χ2v) is 9.62. The zero-order valence-corrected chi connectivity index (χ0v) is 17.7. The Kier molecular flexibility index (Phi) is 3.94. The molecule has 1 nitrogen and oxygen atoms in total. The summed E-state index contributed by atoms with van der Waals surface area (Å²) in [7, 11) is 2.21. The van der Waals surface area contributed by atoms with E-state index in [2.05, 4.69) is 67.2 Å². The number of fused-ring (bicyclic) bond motifs is 4. The lowest BCUT2D eigenvalue weighted by Gasteiger charge is -2.29. The van der Waals surface area contributed by atoms with Gasteiger partial charge < -0.3 is 0 Å². The van der Waals surface area contributed by atoms with Crippen LogP contribution in [0.5, 0.6) is 0 Å². The molecule has 0 aliphatic heterocycles. The van der Waals surface area contributed by atoms with Crippen molar-refractivity contribution in [3.8, 4) is 22.4 Å². The van der Waals surface area contributed by atoms with E-state index in [1.807, 2.05) is 0 Å². The molecule has 1 saturated carbocycles. The topological polar surface area (TPSA) is 3.88 Å². The summed E-state index contributed by atoms with van der Waals surface area (Å²) in [5.41, 5.74) is 13.5. The third-order valence-electron chi connectivity index (χ3n) is 8.01. The molecule has 7 rings (SSSR count). The molecule has 146 valence electrons. The minimum absolute atomic E-state index is 0.739. The third kappa shape index (κ3) is 2.70. The van der Waals surface area contributed by atoms with E-state index in [0.717, 1.165) is 18.3 Å². The van der Waals surface area contributed by atoms with E-state index in [9.17, 15) is 0 Å². The molecule has 0 N–H and O–H groups in total. The van der Waals surface area contributed by atoms with Crippen LogP contribution in [-0.4, -0.2) is 0 Å².